The van der Waals surface area contributed by atoms with Crippen molar-refractivity contribution in [2.24, 2.45) is 12.5 Å². The van der Waals surface area contributed by atoms with Gasteiger partial charge in [-0.1, -0.05) is 32.6 Å². The van der Waals surface area contributed by atoms with Gasteiger partial charge in [0, 0.05) is 19.2 Å². The fraction of sp³-hybridized carbons (Fsp3) is 0.733. The number of nitriles is 1. The Bertz CT molecular complexity index is 431. The van der Waals surface area contributed by atoms with Crippen LogP contribution in [0.2, 0.25) is 0 Å². The largest absolute Gasteiger partial charge is 0.272 e. The summed E-state index contributed by atoms with van der Waals surface area (Å²) < 4.78 is 1.96. The molecule has 0 aliphatic heterocycles. The van der Waals surface area contributed by atoms with Crippen LogP contribution in [0.1, 0.15) is 56.8 Å². The predicted octanol–water partition coefficient (Wildman–Crippen LogP) is 3.39. The third-order valence-electron chi connectivity index (χ3n) is 4.21. The third-order valence-corrected chi connectivity index (χ3v) is 4.21. The minimum absolute atomic E-state index is 0.144. The van der Waals surface area contributed by atoms with Crippen LogP contribution >= 0.6 is 0 Å². The number of aromatic nitrogens is 2. The van der Waals surface area contributed by atoms with E-state index < -0.39 is 0 Å². The Morgan fingerprint density at radius 3 is 2.50 bits per heavy atom. The van der Waals surface area contributed by atoms with Crippen LogP contribution in [-0.4, -0.2) is 9.78 Å². The molecule has 18 heavy (non-hydrogen) atoms. The summed E-state index contributed by atoms with van der Waals surface area (Å²) in [6.45, 7) is 2.12. The van der Waals surface area contributed by atoms with Gasteiger partial charge in [0.05, 0.1) is 17.2 Å². The van der Waals surface area contributed by atoms with E-state index in [0.29, 0.717) is 0 Å². The van der Waals surface area contributed by atoms with E-state index in [-0.39, 0.29) is 5.41 Å². The van der Waals surface area contributed by atoms with Gasteiger partial charge in [0.1, 0.15) is 0 Å². The number of hydrogen-bond acceptors (Lipinski definition) is 2. The highest BCUT2D eigenvalue weighted by molar-refractivity contribution is 5.16. The van der Waals surface area contributed by atoms with Crippen molar-refractivity contribution in [1.29, 1.82) is 5.26 Å². The number of rotatable bonds is 3. The highest BCUT2D eigenvalue weighted by Crippen LogP contribution is 2.37. The van der Waals surface area contributed by atoms with Crippen molar-refractivity contribution in [1.82, 2.24) is 9.78 Å². The van der Waals surface area contributed by atoms with Crippen molar-refractivity contribution >= 4 is 0 Å². The van der Waals surface area contributed by atoms with Gasteiger partial charge in [-0.05, 0) is 25.3 Å². The normalized spacial score (nSPS) is 19.2. The van der Waals surface area contributed by atoms with E-state index in [1.807, 2.05) is 11.7 Å². The van der Waals surface area contributed by atoms with Crippen LogP contribution in [0.4, 0.5) is 0 Å². The van der Waals surface area contributed by atoms with E-state index in [2.05, 4.69) is 24.2 Å². The first-order valence-electron chi connectivity index (χ1n) is 7.12. The van der Waals surface area contributed by atoms with Crippen molar-refractivity contribution in [2.75, 3.05) is 0 Å². The Kier molecular flexibility index (Phi) is 4.06. The fourth-order valence-corrected chi connectivity index (χ4v) is 2.99. The maximum Gasteiger partial charge on any atom is 0.0693 e. The quantitative estimate of drug-likeness (QED) is 0.766. The van der Waals surface area contributed by atoms with Gasteiger partial charge in [-0.15, -0.1) is 0 Å². The first kappa shape index (κ1) is 13.1. The first-order chi connectivity index (χ1) is 8.69. The smallest absolute Gasteiger partial charge is 0.0693 e. The third kappa shape index (κ3) is 2.75. The minimum atomic E-state index is -0.144. The summed E-state index contributed by atoms with van der Waals surface area (Å²) in [6.07, 6.45) is 8.91. The highest BCUT2D eigenvalue weighted by Gasteiger charge is 2.32. The number of nitrogens with zero attached hydrogens (tertiary/aromatic N) is 3. The van der Waals surface area contributed by atoms with Crippen LogP contribution in [0.3, 0.4) is 0 Å². The maximum atomic E-state index is 9.60. The van der Waals surface area contributed by atoms with Gasteiger partial charge in [-0.3, -0.25) is 4.68 Å². The molecule has 1 heterocycles. The molecule has 3 heteroatoms. The van der Waals surface area contributed by atoms with E-state index in [0.717, 1.165) is 31.4 Å². The van der Waals surface area contributed by atoms with E-state index in [4.69, 9.17) is 0 Å². The second-order valence-corrected chi connectivity index (χ2v) is 5.59. The summed E-state index contributed by atoms with van der Waals surface area (Å²) in [5, 5.41) is 14.1. The standard InChI is InChI=1S/C15H23N3/c1-3-13-10-14(18(2)17-13)11-15(12-16)8-6-4-5-7-9-15/h10H,3-9,11H2,1-2H3. The predicted molar refractivity (Wildman–Crippen MR) is 72.0 cm³/mol. The lowest BCUT2D eigenvalue weighted by atomic mass is 9.78. The van der Waals surface area contributed by atoms with Crippen molar-refractivity contribution in [3.8, 4) is 6.07 Å². The molecule has 1 fully saturated rings. The second kappa shape index (κ2) is 5.56. The Hall–Kier alpha value is -1.30. The molecule has 0 unspecified atom stereocenters. The first-order valence-corrected chi connectivity index (χ1v) is 7.12. The van der Waals surface area contributed by atoms with E-state index >= 15 is 0 Å². The molecule has 0 bridgehead atoms. The summed E-state index contributed by atoms with van der Waals surface area (Å²) in [5.41, 5.74) is 2.21. The van der Waals surface area contributed by atoms with Gasteiger partial charge in [-0.25, -0.2) is 0 Å². The average molecular weight is 245 g/mol. The van der Waals surface area contributed by atoms with Crippen molar-refractivity contribution in [3.05, 3.63) is 17.5 Å². The fourth-order valence-electron chi connectivity index (χ4n) is 2.99. The van der Waals surface area contributed by atoms with Crippen LogP contribution in [0.25, 0.3) is 0 Å². The molecule has 1 saturated carbocycles. The number of aryl methyl sites for hydroxylation is 2. The van der Waals surface area contributed by atoms with Gasteiger partial charge in [0.25, 0.3) is 0 Å². The van der Waals surface area contributed by atoms with Gasteiger partial charge < -0.3 is 0 Å². The molecule has 98 valence electrons. The van der Waals surface area contributed by atoms with Crippen LogP contribution in [0.15, 0.2) is 6.07 Å². The molecule has 1 aliphatic carbocycles. The zero-order valence-corrected chi connectivity index (χ0v) is 11.6. The van der Waals surface area contributed by atoms with Gasteiger partial charge in [0.2, 0.25) is 0 Å². The maximum absolute atomic E-state index is 9.60. The van der Waals surface area contributed by atoms with Crippen LogP contribution in [-0.2, 0) is 19.9 Å². The monoisotopic (exact) mass is 245 g/mol. The Morgan fingerprint density at radius 1 is 1.33 bits per heavy atom. The van der Waals surface area contributed by atoms with Gasteiger partial charge >= 0.3 is 0 Å². The molecular formula is C15H23N3. The molecule has 0 amide bonds. The lowest BCUT2D eigenvalue weighted by molar-refractivity contribution is 0.331. The molecule has 0 saturated heterocycles. The summed E-state index contributed by atoms with van der Waals surface area (Å²) in [5.74, 6) is 0. The van der Waals surface area contributed by atoms with Crippen LogP contribution in [0.5, 0.6) is 0 Å². The average Bonchev–Trinajstić information content (AvgIpc) is 2.60. The molecule has 3 nitrogen and oxygen atoms in total. The Balaban J connectivity index is 2.18. The summed E-state index contributed by atoms with van der Waals surface area (Å²) in [7, 11) is 2.00. The molecular weight excluding hydrogens is 222 g/mol. The molecule has 0 atom stereocenters. The van der Waals surface area contributed by atoms with Crippen molar-refractivity contribution in [3.63, 3.8) is 0 Å². The Morgan fingerprint density at radius 2 is 2.00 bits per heavy atom. The molecule has 1 aromatic rings. The zero-order valence-electron chi connectivity index (χ0n) is 11.6. The highest BCUT2D eigenvalue weighted by atomic mass is 15.3. The van der Waals surface area contributed by atoms with Crippen LogP contribution in [0, 0.1) is 16.7 Å². The van der Waals surface area contributed by atoms with E-state index in [9.17, 15) is 5.26 Å². The lowest BCUT2D eigenvalue weighted by Crippen LogP contribution is -2.22. The lowest BCUT2D eigenvalue weighted by Gasteiger charge is -2.24. The minimum Gasteiger partial charge on any atom is -0.272 e. The molecule has 1 aromatic heterocycles. The summed E-state index contributed by atoms with van der Waals surface area (Å²) in [6, 6.07) is 4.79. The molecule has 1 aliphatic rings. The molecule has 0 aromatic carbocycles. The van der Waals surface area contributed by atoms with E-state index in [1.54, 1.807) is 0 Å². The molecule has 2 rings (SSSR count). The van der Waals surface area contributed by atoms with Gasteiger partial charge in [0.15, 0.2) is 0 Å². The summed E-state index contributed by atoms with van der Waals surface area (Å²) >= 11 is 0. The van der Waals surface area contributed by atoms with Crippen LogP contribution < -0.4 is 0 Å². The molecule has 0 N–H and O–H groups in total. The van der Waals surface area contributed by atoms with E-state index in [1.165, 1.54) is 31.4 Å². The SMILES string of the molecule is CCc1cc(CC2(C#N)CCCCCC2)n(C)n1. The number of hydrogen-bond donors (Lipinski definition) is 0. The topological polar surface area (TPSA) is 41.6 Å². The van der Waals surface area contributed by atoms with Crippen molar-refractivity contribution < 1.29 is 0 Å². The molecule has 0 radical (unpaired) electrons. The zero-order chi connectivity index (χ0) is 13.0. The van der Waals surface area contributed by atoms with Gasteiger partial charge in [-0.2, -0.15) is 10.4 Å². The summed E-state index contributed by atoms with van der Waals surface area (Å²) in [4.78, 5) is 0. The van der Waals surface area contributed by atoms with Crippen molar-refractivity contribution in [2.45, 2.75) is 58.3 Å². The molecule has 0 spiro atoms. The second-order valence-electron chi connectivity index (χ2n) is 5.59. The Labute approximate surface area is 110 Å².